The molecule has 2 N–H and O–H groups in total. The number of amides is 1. The molecule has 1 atom stereocenters. The molecular formula is C13H21N3O2. The summed E-state index contributed by atoms with van der Waals surface area (Å²) in [5, 5.41) is 10.2. The zero-order valence-corrected chi connectivity index (χ0v) is 11.1. The van der Waals surface area contributed by atoms with Crippen molar-refractivity contribution in [3.63, 3.8) is 0 Å². The Hall–Kier alpha value is -1.36. The van der Waals surface area contributed by atoms with Gasteiger partial charge < -0.3 is 15.2 Å². The Morgan fingerprint density at radius 2 is 2.39 bits per heavy atom. The van der Waals surface area contributed by atoms with Gasteiger partial charge in [-0.15, -0.1) is 0 Å². The van der Waals surface area contributed by atoms with Crippen LogP contribution in [0.1, 0.15) is 36.3 Å². The molecule has 1 fully saturated rings. The van der Waals surface area contributed by atoms with Crippen molar-refractivity contribution in [3.8, 4) is 0 Å². The minimum absolute atomic E-state index is 0.126. The lowest BCUT2D eigenvalue weighted by Gasteiger charge is -2.10. The van der Waals surface area contributed by atoms with E-state index in [1.165, 1.54) is 6.42 Å². The van der Waals surface area contributed by atoms with Crippen LogP contribution in [-0.4, -0.2) is 30.2 Å². The number of nitrogens with one attached hydrogen (secondary N) is 2. The molecule has 1 saturated heterocycles. The van der Waals surface area contributed by atoms with Crippen LogP contribution in [0.4, 0.5) is 0 Å². The third-order valence-corrected chi connectivity index (χ3v) is 3.47. The number of carbonyl (C=O) groups is 1. The van der Waals surface area contributed by atoms with Crippen LogP contribution in [0, 0.1) is 13.8 Å². The van der Waals surface area contributed by atoms with Gasteiger partial charge in [0.05, 0.1) is 5.69 Å². The van der Waals surface area contributed by atoms with Crippen LogP contribution in [0.25, 0.3) is 0 Å². The summed E-state index contributed by atoms with van der Waals surface area (Å²) in [6.07, 6.45) is 3.65. The number of nitrogens with zero attached hydrogens (tertiary/aromatic N) is 1. The summed E-state index contributed by atoms with van der Waals surface area (Å²) in [4.78, 5) is 11.7. The monoisotopic (exact) mass is 251 g/mol. The molecule has 100 valence electrons. The second kappa shape index (κ2) is 6.00. The molecule has 18 heavy (non-hydrogen) atoms. The Labute approximate surface area is 107 Å². The molecule has 0 aromatic carbocycles. The molecule has 1 aromatic rings. The minimum atomic E-state index is 0.126. The number of aromatic nitrogens is 1. The van der Waals surface area contributed by atoms with Crippen LogP contribution in [0.3, 0.4) is 0 Å². The van der Waals surface area contributed by atoms with Crippen LogP contribution in [0.15, 0.2) is 4.52 Å². The van der Waals surface area contributed by atoms with Crippen molar-refractivity contribution in [2.24, 2.45) is 0 Å². The molecule has 1 amide bonds. The first kappa shape index (κ1) is 13.1. The fourth-order valence-electron chi connectivity index (χ4n) is 2.41. The highest BCUT2D eigenvalue weighted by atomic mass is 16.5. The predicted molar refractivity (Wildman–Crippen MR) is 68.3 cm³/mol. The Bertz CT molecular complexity index is 389. The van der Waals surface area contributed by atoms with Gasteiger partial charge in [0.15, 0.2) is 0 Å². The second-order valence-electron chi connectivity index (χ2n) is 4.90. The summed E-state index contributed by atoms with van der Waals surface area (Å²) in [7, 11) is 0. The van der Waals surface area contributed by atoms with Crippen LogP contribution in [0.5, 0.6) is 0 Å². The second-order valence-corrected chi connectivity index (χ2v) is 4.90. The number of rotatable bonds is 5. The molecule has 1 aromatic heterocycles. The van der Waals surface area contributed by atoms with Crippen LogP contribution >= 0.6 is 0 Å². The first-order chi connectivity index (χ1) is 8.66. The number of hydrogen-bond donors (Lipinski definition) is 2. The number of hydrogen-bond acceptors (Lipinski definition) is 4. The Morgan fingerprint density at radius 3 is 3.00 bits per heavy atom. The third kappa shape index (κ3) is 3.32. The average molecular weight is 251 g/mol. The normalized spacial score (nSPS) is 19.1. The van der Waals surface area contributed by atoms with Crippen LogP contribution in [-0.2, 0) is 11.2 Å². The summed E-state index contributed by atoms with van der Waals surface area (Å²) in [6.45, 7) is 5.52. The number of carbonyl (C=O) groups excluding carboxylic acids is 1. The highest BCUT2D eigenvalue weighted by Crippen LogP contribution is 2.12. The summed E-state index contributed by atoms with van der Waals surface area (Å²) >= 11 is 0. The SMILES string of the molecule is Cc1noc(C)c1CCNC(=O)CC1CCCN1. The molecule has 0 radical (unpaired) electrons. The standard InChI is InChI=1S/C13H21N3O2/c1-9-12(10(2)18-16-9)5-7-15-13(17)8-11-4-3-6-14-11/h11,14H,3-8H2,1-2H3,(H,15,17). The summed E-state index contributed by atoms with van der Waals surface area (Å²) in [6, 6.07) is 0.365. The largest absolute Gasteiger partial charge is 0.361 e. The van der Waals surface area contributed by atoms with E-state index >= 15 is 0 Å². The molecule has 2 heterocycles. The van der Waals surface area contributed by atoms with E-state index in [-0.39, 0.29) is 5.91 Å². The highest BCUT2D eigenvalue weighted by molar-refractivity contribution is 5.76. The molecule has 5 heteroatoms. The first-order valence-electron chi connectivity index (χ1n) is 6.58. The van der Waals surface area contributed by atoms with Crippen molar-refractivity contribution in [1.82, 2.24) is 15.8 Å². The van der Waals surface area contributed by atoms with Gasteiger partial charge in [0.2, 0.25) is 5.91 Å². The fraction of sp³-hybridized carbons (Fsp3) is 0.692. The maximum absolute atomic E-state index is 11.7. The summed E-state index contributed by atoms with van der Waals surface area (Å²) < 4.78 is 5.09. The topological polar surface area (TPSA) is 67.2 Å². The lowest BCUT2D eigenvalue weighted by Crippen LogP contribution is -2.32. The molecule has 1 aliphatic rings. The fourth-order valence-corrected chi connectivity index (χ4v) is 2.41. The zero-order valence-electron chi connectivity index (χ0n) is 11.1. The molecular weight excluding hydrogens is 230 g/mol. The van der Waals surface area contributed by atoms with Crippen molar-refractivity contribution >= 4 is 5.91 Å². The van der Waals surface area contributed by atoms with E-state index in [0.717, 1.165) is 36.4 Å². The molecule has 0 aliphatic carbocycles. The van der Waals surface area contributed by atoms with E-state index in [9.17, 15) is 4.79 Å². The maximum Gasteiger partial charge on any atom is 0.221 e. The molecule has 0 spiro atoms. The van der Waals surface area contributed by atoms with Gasteiger partial charge >= 0.3 is 0 Å². The highest BCUT2D eigenvalue weighted by Gasteiger charge is 2.17. The predicted octanol–water partition coefficient (Wildman–Crippen LogP) is 1.09. The van der Waals surface area contributed by atoms with Crippen molar-refractivity contribution in [3.05, 3.63) is 17.0 Å². The van der Waals surface area contributed by atoms with Crippen molar-refractivity contribution in [1.29, 1.82) is 0 Å². The van der Waals surface area contributed by atoms with E-state index in [1.54, 1.807) is 0 Å². The van der Waals surface area contributed by atoms with Crippen LogP contribution < -0.4 is 10.6 Å². The van der Waals surface area contributed by atoms with Gasteiger partial charge in [-0.3, -0.25) is 4.79 Å². The molecule has 1 unspecified atom stereocenters. The van der Waals surface area contributed by atoms with Gasteiger partial charge in [-0.2, -0.15) is 0 Å². The molecule has 2 rings (SSSR count). The molecule has 1 aliphatic heterocycles. The Kier molecular flexibility index (Phi) is 4.36. The summed E-state index contributed by atoms with van der Waals surface area (Å²) in [5.41, 5.74) is 2.02. The lowest BCUT2D eigenvalue weighted by atomic mass is 10.1. The van der Waals surface area contributed by atoms with Gasteiger partial charge in [0.1, 0.15) is 5.76 Å². The van der Waals surface area contributed by atoms with Gasteiger partial charge in [0, 0.05) is 24.6 Å². The quantitative estimate of drug-likeness (QED) is 0.822. The van der Waals surface area contributed by atoms with Crippen LogP contribution in [0.2, 0.25) is 0 Å². The van der Waals surface area contributed by atoms with Gasteiger partial charge in [-0.1, -0.05) is 5.16 Å². The minimum Gasteiger partial charge on any atom is -0.361 e. The van der Waals surface area contributed by atoms with Gasteiger partial charge in [0.25, 0.3) is 0 Å². The van der Waals surface area contributed by atoms with Gasteiger partial charge in [-0.25, -0.2) is 0 Å². The summed E-state index contributed by atoms with van der Waals surface area (Å²) in [5.74, 6) is 0.973. The third-order valence-electron chi connectivity index (χ3n) is 3.47. The smallest absolute Gasteiger partial charge is 0.221 e. The van der Waals surface area contributed by atoms with E-state index < -0.39 is 0 Å². The average Bonchev–Trinajstić information content (AvgIpc) is 2.93. The van der Waals surface area contributed by atoms with Crippen molar-refractivity contribution in [2.75, 3.05) is 13.1 Å². The van der Waals surface area contributed by atoms with Gasteiger partial charge in [-0.05, 0) is 39.7 Å². The Balaban J connectivity index is 1.70. The van der Waals surface area contributed by atoms with E-state index in [2.05, 4.69) is 15.8 Å². The maximum atomic E-state index is 11.7. The van der Waals surface area contributed by atoms with E-state index in [1.807, 2.05) is 13.8 Å². The lowest BCUT2D eigenvalue weighted by molar-refractivity contribution is -0.121. The van der Waals surface area contributed by atoms with E-state index in [0.29, 0.717) is 19.0 Å². The Morgan fingerprint density at radius 1 is 1.56 bits per heavy atom. The van der Waals surface area contributed by atoms with Crippen molar-refractivity contribution < 1.29 is 9.32 Å². The molecule has 5 nitrogen and oxygen atoms in total. The molecule has 0 saturated carbocycles. The zero-order chi connectivity index (χ0) is 13.0. The molecule has 0 bridgehead atoms. The first-order valence-corrected chi connectivity index (χ1v) is 6.58. The van der Waals surface area contributed by atoms with E-state index in [4.69, 9.17) is 4.52 Å². The van der Waals surface area contributed by atoms with Crippen molar-refractivity contribution in [2.45, 2.75) is 45.6 Å². The number of aryl methyl sites for hydroxylation is 2.